The molecule has 8 nitrogen and oxygen atoms in total. The van der Waals surface area contributed by atoms with E-state index in [0.717, 1.165) is 53.8 Å². The molecule has 3 amide bonds. The van der Waals surface area contributed by atoms with Crippen molar-refractivity contribution in [3.05, 3.63) is 84.3 Å². The Morgan fingerprint density at radius 3 is 2.49 bits per heavy atom. The number of carbonyl (C=O) groups excluding carboxylic acids is 2. The van der Waals surface area contributed by atoms with Crippen molar-refractivity contribution in [3.8, 4) is 5.69 Å². The second-order valence-electron chi connectivity index (χ2n) is 8.71. The molecule has 1 fully saturated rings. The lowest BCUT2D eigenvalue weighted by molar-refractivity contribution is -0.131. The molecule has 0 saturated carbocycles. The van der Waals surface area contributed by atoms with Crippen molar-refractivity contribution in [1.82, 2.24) is 25.0 Å². The molecule has 1 aliphatic heterocycles. The van der Waals surface area contributed by atoms with Gasteiger partial charge in [0.05, 0.1) is 23.3 Å². The van der Waals surface area contributed by atoms with E-state index in [2.05, 4.69) is 15.6 Å². The van der Waals surface area contributed by atoms with Gasteiger partial charge in [0.25, 0.3) is 0 Å². The summed E-state index contributed by atoms with van der Waals surface area (Å²) in [5.41, 5.74) is 4.20. The molecule has 0 bridgehead atoms. The van der Waals surface area contributed by atoms with Crippen LogP contribution in [-0.4, -0.2) is 44.7 Å². The summed E-state index contributed by atoms with van der Waals surface area (Å²) in [5, 5.41) is 11.5. The number of rotatable bonds is 6. The maximum absolute atomic E-state index is 12.9. The summed E-state index contributed by atoms with van der Waals surface area (Å²) >= 11 is 0. The van der Waals surface area contributed by atoms with Crippen LogP contribution in [-0.2, 0) is 17.8 Å². The van der Waals surface area contributed by atoms with Crippen molar-refractivity contribution in [3.63, 3.8) is 0 Å². The summed E-state index contributed by atoms with van der Waals surface area (Å²) < 4.78 is 1.86. The van der Waals surface area contributed by atoms with Crippen LogP contribution in [0.1, 0.15) is 30.5 Å². The quantitative estimate of drug-likeness (QED) is 0.441. The molecule has 8 heteroatoms. The van der Waals surface area contributed by atoms with Gasteiger partial charge >= 0.3 is 6.03 Å². The summed E-state index contributed by atoms with van der Waals surface area (Å²) in [5.74, 6) is 0.136. The highest BCUT2D eigenvalue weighted by atomic mass is 16.2. The van der Waals surface area contributed by atoms with Crippen LogP contribution in [0.5, 0.6) is 0 Å². The standard InChI is InChI=1S/C27H28N6O2/c34-26(32-15-4-1-5-16-32)17-24-23-8-2-3-9-25(23)33(31-24)22-12-10-21(11-13-22)30-27(35)29-19-20-7-6-14-28-18-20/h2-3,6-14,18H,1,4-5,15-17,19H2,(H2,29,30,35). The van der Waals surface area contributed by atoms with Crippen LogP contribution >= 0.6 is 0 Å². The summed E-state index contributed by atoms with van der Waals surface area (Å²) in [6, 6.07) is 18.9. The molecule has 1 aliphatic rings. The molecule has 0 radical (unpaired) electrons. The minimum absolute atomic E-state index is 0.136. The number of fused-ring (bicyclic) bond motifs is 1. The summed E-state index contributed by atoms with van der Waals surface area (Å²) in [7, 11) is 0. The van der Waals surface area contributed by atoms with Crippen molar-refractivity contribution in [1.29, 1.82) is 0 Å². The van der Waals surface area contributed by atoms with Crippen molar-refractivity contribution in [2.45, 2.75) is 32.2 Å². The minimum atomic E-state index is -0.287. The van der Waals surface area contributed by atoms with Gasteiger partial charge in [-0.2, -0.15) is 5.10 Å². The van der Waals surface area contributed by atoms with Crippen LogP contribution in [0.4, 0.5) is 10.5 Å². The van der Waals surface area contributed by atoms with E-state index in [1.165, 1.54) is 6.42 Å². The number of para-hydroxylation sites is 1. The van der Waals surface area contributed by atoms with Gasteiger partial charge in [0.2, 0.25) is 5.91 Å². The van der Waals surface area contributed by atoms with Crippen LogP contribution in [0.2, 0.25) is 0 Å². The van der Waals surface area contributed by atoms with E-state index in [1.807, 2.05) is 70.2 Å². The Balaban J connectivity index is 1.29. The molecule has 2 N–H and O–H groups in total. The molecule has 0 aliphatic carbocycles. The number of anilines is 1. The normalized spacial score (nSPS) is 13.5. The van der Waals surface area contributed by atoms with E-state index >= 15 is 0 Å². The van der Waals surface area contributed by atoms with E-state index in [4.69, 9.17) is 5.10 Å². The molecule has 2 aromatic heterocycles. The number of benzene rings is 2. The number of nitrogens with one attached hydrogen (secondary N) is 2. The van der Waals surface area contributed by atoms with Crippen LogP contribution in [0.25, 0.3) is 16.6 Å². The average molecular weight is 469 g/mol. The van der Waals surface area contributed by atoms with Crippen LogP contribution in [0, 0.1) is 0 Å². The van der Waals surface area contributed by atoms with Gasteiger partial charge in [0, 0.05) is 43.1 Å². The number of hydrogen-bond donors (Lipinski definition) is 2. The molecule has 2 aromatic carbocycles. The third-order valence-corrected chi connectivity index (χ3v) is 6.24. The fourth-order valence-corrected chi connectivity index (χ4v) is 4.40. The van der Waals surface area contributed by atoms with Gasteiger partial charge in [-0.15, -0.1) is 0 Å². The van der Waals surface area contributed by atoms with Crippen molar-refractivity contribution in [2.75, 3.05) is 18.4 Å². The maximum atomic E-state index is 12.9. The van der Waals surface area contributed by atoms with Gasteiger partial charge in [-0.3, -0.25) is 9.78 Å². The third kappa shape index (κ3) is 5.32. The third-order valence-electron chi connectivity index (χ3n) is 6.24. The fraction of sp³-hybridized carbons (Fsp3) is 0.259. The van der Waals surface area contributed by atoms with E-state index in [0.29, 0.717) is 18.7 Å². The SMILES string of the molecule is O=C(NCc1cccnc1)Nc1ccc(-n2nc(CC(=O)N3CCCCC3)c3ccccc32)cc1. The number of likely N-dealkylation sites (tertiary alicyclic amines) is 1. The molecule has 0 atom stereocenters. The number of nitrogens with zero attached hydrogens (tertiary/aromatic N) is 4. The molecule has 3 heterocycles. The predicted octanol–water partition coefficient (Wildman–Crippen LogP) is 4.30. The van der Waals surface area contributed by atoms with Crippen molar-refractivity contribution < 1.29 is 9.59 Å². The van der Waals surface area contributed by atoms with Gasteiger partial charge < -0.3 is 15.5 Å². The van der Waals surface area contributed by atoms with E-state index in [1.54, 1.807) is 12.4 Å². The zero-order valence-electron chi connectivity index (χ0n) is 19.5. The highest BCUT2D eigenvalue weighted by molar-refractivity contribution is 5.90. The lowest BCUT2D eigenvalue weighted by Gasteiger charge is -2.26. The first kappa shape index (κ1) is 22.6. The number of piperidine rings is 1. The second kappa shape index (κ2) is 10.4. The van der Waals surface area contributed by atoms with Crippen molar-refractivity contribution >= 4 is 28.5 Å². The number of pyridine rings is 1. The Hall–Kier alpha value is -4.20. The summed E-state index contributed by atoms with van der Waals surface area (Å²) in [6.45, 7) is 2.07. The van der Waals surface area contributed by atoms with Gasteiger partial charge in [0.15, 0.2) is 0 Å². The molecule has 5 rings (SSSR count). The van der Waals surface area contributed by atoms with E-state index in [-0.39, 0.29) is 11.9 Å². The lowest BCUT2D eigenvalue weighted by atomic mass is 10.1. The first-order valence-corrected chi connectivity index (χ1v) is 12.0. The molecule has 178 valence electrons. The smallest absolute Gasteiger partial charge is 0.319 e. The molecule has 1 saturated heterocycles. The van der Waals surface area contributed by atoms with Gasteiger partial charge in [-0.05, 0) is 61.2 Å². The monoisotopic (exact) mass is 468 g/mol. The Morgan fingerprint density at radius 1 is 0.914 bits per heavy atom. The highest BCUT2D eigenvalue weighted by Crippen LogP contribution is 2.24. The fourth-order valence-electron chi connectivity index (χ4n) is 4.40. The Kier molecular flexibility index (Phi) is 6.70. The Labute approximate surface area is 204 Å². The summed E-state index contributed by atoms with van der Waals surface area (Å²) in [4.78, 5) is 31.1. The first-order chi connectivity index (χ1) is 17.2. The zero-order chi connectivity index (χ0) is 24.0. The topological polar surface area (TPSA) is 92.1 Å². The zero-order valence-corrected chi connectivity index (χ0v) is 19.5. The second-order valence-corrected chi connectivity index (χ2v) is 8.71. The van der Waals surface area contributed by atoms with Crippen LogP contribution < -0.4 is 10.6 Å². The molecule has 35 heavy (non-hydrogen) atoms. The predicted molar refractivity (Wildman–Crippen MR) is 135 cm³/mol. The van der Waals surface area contributed by atoms with Crippen molar-refractivity contribution in [2.24, 2.45) is 0 Å². The van der Waals surface area contributed by atoms with Crippen LogP contribution in [0.15, 0.2) is 73.1 Å². The number of carbonyl (C=O) groups is 2. The number of aromatic nitrogens is 3. The molecular formula is C27H28N6O2. The molecule has 0 unspecified atom stereocenters. The van der Waals surface area contributed by atoms with Crippen LogP contribution in [0.3, 0.4) is 0 Å². The highest BCUT2D eigenvalue weighted by Gasteiger charge is 2.20. The molecular weight excluding hydrogens is 440 g/mol. The minimum Gasteiger partial charge on any atom is -0.342 e. The van der Waals surface area contributed by atoms with Gasteiger partial charge in [-0.1, -0.05) is 24.3 Å². The summed E-state index contributed by atoms with van der Waals surface area (Å²) in [6.07, 6.45) is 7.05. The van der Waals surface area contributed by atoms with E-state index in [9.17, 15) is 9.59 Å². The number of amides is 3. The van der Waals surface area contributed by atoms with E-state index < -0.39 is 0 Å². The lowest BCUT2D eigenvalue weighted by Crippen LogP contribution is -2.36. The average Bonchev–Trinajstić information content (AvgIpc) is 3.27. The molecule has 4 aromatic rings. The Morgan fingerprint density at radius 2 is 1.71 bits per heavy atom. The first-order valence-electron chi connectivity index (χ1n) is 12.0. The van der Waals surface area contributed by atoms with Gasteiger partial charge in [0.1, 0.15) is 0 Å². The number of hydrogen-bond acceptors (Lipinski definition) is 4. The largest absolute Gasteiger partial charge is 0.342 e. The van der Waals surface area contributed by atoms with Gasteiger partial charge in [-0.25, -0.2) is 9.48 Å². The number of urea groups is 1. The Bertz CT molecular complexity index is 1310. The molecule has 0 spiro atoms. The maximum Gasteiger partial charge on any atom is 0.319 e.